The molecule has 0 aliphatic carbocycles. The Labute approximate surface area is 137 Å². The summed E-state index contributed by atoms with van der Waals surface area (Å²) in [4.78, 5) is 37.6. The SMILES string of the molecule is CC(C)NC(=O)N(C)NC(=O)C1(C(C)(C)C)CCCN1C(=O)O. The van der Waals surface area contributed by atoms with Crippen molar-refractivity contribution in [1.29, 1.82) is 0 Å². The van der Waals surface area contributed by atoms with Crippen molar-refractivity contribution in [2.45, 2.75) is 59.0 Å². The summed E-state index contributed by atoms with van der Waals surface area (Å²) < 4.78 is 0. The van der Waals surface area contributed by atoms with Gasteiger partial charge in [-0.25, -0.2) is 14.6 Å². The molecule has 0 bridgehead atoms. The molecule has 23 heavy (non-hydrogen) atoms. The third kappa shape index (κ3) is 3.68. The molecule has 1 atom stereocenters. The summed E-state index contributed by atoms with van der Waals surface area (Å²) in [7, 11) is 1.44. The van der Waals surface area contributed by atoms with Crippen LogP contribution in [0.25, 0.3) is 0 Å². The Bertz CT molecular complexity index is 486. The van der Waals surface area contributed by atoms with Crippen LogP contribution in [-0.2, 0) is 4.79 Å². The topological polar surface area (TPSA) is 102 Å². The molecule has 0 aromatic heterocycles. The van der Waals surface area contributed by atoms with Crippen LogP contribution in [0.15, 0.2) is 0 Å². The molecule has 0 saturated carbocycles. The van der Waals surface area contributed by atoms with Gasteiger partial charge in [-0.15, -0.1) is 0 Å². The molecule has 0 aromatic carbocycles. The molecular formula is C15H28N4O4. The van der Waals surface area contributed by atoms with Crippen LogP contribution in [0.5, 0.6) is 0 Å². The highest BCUT2D eigenvalue weighted by Gasteiger charge is 2.57. The van der Waals surface area contributed by atoms with E-state index in [1.165, 1.54) is 11.9 Å². The molecule has 132 valence electrons. The van der Waals surface area contributed by atoms with Crippen molar-refractivity contribution in [1.82, 2.24) is 20.7 Å². The molecule has 8 heteroatoms. The van der Waals surface area contributed by atoms with Crippen molar-refractivity contribution in [3.8, 4) is 0 Å². The van der Waals surface area contributed by atoms with Crippen LogP contribution >= 0.6 is 0 Å². The van der Waals surface area contributed by atoms with E-state index >= 15 is 0 Å². The molecule has 0 spiro atoms. The number of carbonyl (C=O) groups is 3. The highest BCUT2D eigenvalue weighted by atomic mass is 16.4. The zero-order valence-corrected chi connectivity index (χ0v) is 14.8. The van der Waals surface area contributed by atoms with E-state index in [1.807, 2.05) is 34.6 Å². The number of nitrogens with zero attached hydrogens (tertiary/aromatic N) is 2. The molecule has 1 heterocycles. The van der Waals surface area contributed by atoms with E-state index in [1.54, 1.807) is 0 Å². The Hall–Kier alpha value is -1.99. The molecule has 8 nitrogen and oxygen atoms in total. The lowest BCUT2D eigenvalue weighted by Gasteiger charge is -2.45. The van der Waals surface area contributed by atoms with Gasteiger partial charge in [0.1, 0.15) is 5.54 Å². The zero-order chi connectivity index (χ0) is 18.0. The second kappa shape index (κ2) is 6.64. The van der Waals surface area contributed by atoms with Gasteiger partial charge in [0.2, 0.25) is 0 Å². The van der Waals surface area contributed by atoms with Gasteiger partial charge in [0.05, 0.1) is 0 Å². The second-order valence-corrected chi connectivity index (χ2v) is 7.25. The van der Waals surface area contributed by atoms with Crippen LogP contribution in [0, 0.1) is 5.41 Å². The predicted molar refractivity (Wildman–Crippen MR) is 85.7 cm³/mol. The smallest absolute Gasteiger partial charge is 0.408 e. The van der Waals surface area contributed by atoms with Crippen molar-refractivity contribution in [2.24, 2.45) is 5.41 Å². The fourth-order valence-corrected chi connectivity index (χ4v) is 3.07. The van der Waals surface area contributed by atoms with Crippen LogP contribution in [-0.4, -0.2) is 58.2 Å². The number of hydrazine groups is 1. The lowest BCUT2D eigenvalue weighted by atomic mass is 9.71. The maximum atomic E-state index is 12.9. The summed E-state index contributed by atoms with van der Waals surface area (Å²) in [5, 5.41) is 13.2. The molecular weight excluding hydrogens is 300 g/mol. The van der Waals surface area contributed by atoms with E-state index in [0.29, 0.717) is 19.4 Å². The first kappa shape index (κ1) is 19.1. The molecule has 4 amide bonds. The Kier molecular flexibility index (Phi) is 5.50. The molecule has 1 aliphatic rings. The van der Waals surface area contributed by atoms with Crippen LogP contribution in [0.3, 0.4) is 0 Å². The highest BCUT2D eigenvalue weighted by Crippen LogP contribution is 2.44. The third-order valence-corrected chi connectivity index (χ3v) is 4.21. The van der Waals surface area contributed by atoms with Crippen molar-refractivity contribution in [3.05, 3.63) is 0 Å². The van der Waals surface area contributed by atoms with Crippen molar-refractivity contribution < 1.29 is 19.5 Å². The first-order valence-electron chi connectivity index (χ1n) is 7.79. The van der Waals surface area contributed by atoms with Crippen LogP contribution in [0.4, 0.5) is 9.59 Å². The minimum atomic E-state index is -1.20. The molecule has 1 rings (SSSR count). The lowest BCUT2D eigenvalue weighted by Crippen LogP contribution is -2.66. The van der Waals surface area contributed by atoms with Crippen molar-refractivity contribution >= 4 is 18.0 Å². The Morgan fingerprint density at radius 3 is 2.26 bits per heavy atom. The first-order valence-corrected chi connectivity index (χ1v) is 7.79. The number of carbonyl (C=O) groups excluding carboxylic acids is 2. The monoisotopic (exact) mass is 328 g/mol. The number of rotatable bonds is 2. The van der Waals surface area contributed by atoms with Crippen molar-refractivity contribution in [2.75, 3.05) is 13.6 Å². The molecule has 1 unspecified atom stereocenters. The van der Waals surface area contributed by atoms with E-state index in [4.69, 9.17) is 0 Å². The number of likely N-dealkylation sites (tertiary alicyclic amines) is 1. The quantitative estimate of drug-likeness (QED) is 0.670. The molecule has 1 fully saturated rings. The first-order chi connectivity index (χ1) is 10.4. The standard InChI is InChI=1S/C15H28N4O4/c1-10(2)16-12(21)18(6)17-11(20)15(14(3,4)5)8-7-9-19(15)13(22)23/h10H,7-9H2,1-6H3,(H,16,21)(H,17,20)(H,22,23). The molecule has 3 N–H and O–H groups in total. The molecule has 1 aliphatic heterocycles. The summed E-state index contributed by atoms with van der Waals surface area (Å²) >= 11 is 0. The van der Waals surface area contributed by atoms with Crippen LogP contribution < -0.4 is 10.7 Å². The maximum absolute atomic E-state index is 12.9. The number of hydrogen-bond donors (Lipinski definition) is 3. The van der Waals surface area contributed by atoms with Crippen LogP contribution in [0.2, 0.25) is 0 Å². The van der Waals surface area contributed by atoms with Gasteiger partial charge in [-0.3, -0.25) is 15.1 Å². The van der Waals surface area contributed by atoms with Gasteiger partial charge in [-0.05, 0) is 32.1 Å². The summed E-state index contributed by atoms with van der Waals surface area (Å²) in [6, 6.07) is -0.516. The number of nitrogens with one attached hydrogen (secondary N) is 2. The van der Waals surface area contributed by atoms with Gasteiger partial charge < -0.3 is 10.4 Å². The molecule has 1 saturated heterocycles. The molecule has 0 aromatic rings. The zero-order valence-electron chi connectivity index (χ0n) is 14.8. The highest BCUT2D eigenvalue weighted by molar-refractivity contribution is 5.92. The fourth-order valence-electron chi connectivity index (χ4n) is 3.07. The van der Waals surface area contributed by atoms with Crippen molar-refractivity contribution in [3.63, 3.8) is 0 Å². The number of hydrogen-bond acceptors (Lipinski definition) is 3. The van der Waals surface area contributed by atoms with Crippen LogP contribution in [0.1, 0.15) is 47.5 Å². The van der Waals surface area contributed by atoms with Gasteiger partial charge in [0, 0.05) is 19.6 Å². The minimum Gasteiger partial charge on any atom is -0.465 e. The summed E-state index contributed by atoms with van der Waals surface area (Å²) in [6.07, 6.45) is -0.0884. The number of urea groups is 1. The number of carboxylic acid groups (broad SMARTS) is 1. The average molecular weight is 328 g/mol. The van der Waals surface area contributed by atoms with E-state index in [9.17, 15) is 19.5 Å². The largest absolute Gasteiger partial charge is 0.465 e. The van der Waals surface area contributed by atoms with Gasteiger partial charge in [-0.1, -0.05) is 20.8 Å². The Morgan fingerprint density at radius 2 is 1.83 bits per heavy atom. The maximum Gasteiger partial charge on any atom is 0.408 e. The summed E-state index contributed by atoms with van der Waals surface area (Å²) in [6.45, 7) is 9.44. The van der Waals surface area contributed by atoms with E-state index in [-0.39, 0.29) is 6.04 Å². The Morgan fingerprint density at radius 1 is 1.26 bits per heavy atom. The summed E-state index contributed by atoms with van der Waals surface area (Å²) in [5.74, 6) is -0.480. The predicted octanol–water partition coefficient (Wildman–Crippen LogP) is 1.63. The second-order valence-electron chi connectivity index (χ2n) is 7.25. The molecule has 0 radical (unpaired) electrons. The van der Waals surface area contributed by atoms with Gasteiger partial charge in [-0.2, -0.15) is 0 Å². The van der Waals surface area contributed by atoms with E-state index in [2.05, 4.69) is 10.7 Å². The lowest BCUT2D eigenvalue weighted by molar-refractivity contribution is -0.141. The fraction of sp³-hybridized carbons (Fsp3) is 0.800. The Balaban J connectivity index is 3.04. The third-order valence-electron chi connectivity index (χ3n) is 4.21. The average Bonchev–Trinajstić information content (AvgIpc) is 2.82. The van der Waals surface area contributed by atoms with E-state index < -0.39 is 29.0 Å². The summed E-state index contributed by atoms with van der Waals surface area (Å²) in [5.41, 5.74) is 0.724. The van der Waals surface area contributed by atoms with Gasteiger partial charge >= 0.3 is 12.1 Å². The number of amides is 4. The van der Waals surface area contributed by atoms with E-state index in [0.717, 1.165) is 5.01 Å². The normalized spacial score (nSPS) is 21.3. The van der Waals surface area contributed by atoms with Gasteiger partial charge in [0.25, 0.3) is 5.91 Å². The van der Waals surface area contributed by atoms with Gasteiger partial charge in [0.15, 0.2) is 0 Å². The minimum absolute atomic E-state index is 0.0690.